The highest BCUT2D eigenvalue weighted by atomic mass is 16.6. The van der Waals surface area contributed by atoms with Gasteiger partial charge in [-0.15, -0.1) is 0 Å². The zero-order chi connectivity index (χ0) is 17.1. The fraction of sp³-hybridized carbons (Fsp3) is 0.905. The summed E-state index contributed by atoms with van der Waals surface area (Å²) in [5.41, 5.74) is -0.249. The van der Waals surface area contributed by atoms with Crippen LogP contribution in [0.25, 0.3) is 0 Å². The Morgan fingerprint density at radius 3 is 2.50 bits per heavy atom. The van der Waals surface area contributed by atoms with E-state index in [1.165, 1.54) is 32.6 Å². The van der Waals surface area contributed by atoms with Gasteiger partial charge in [0.05, 0.1) is 0 Å². The molecule has 4 rings (SSSR count). The first-order valence-electron chi connectivity index (χ1n) is 10.1. The van der Waals surface area contributed by atoms with E-state index in [4.69, 9.17) is 4.74 Å². The Labute approximate surface area is 145 Å². The first kappa shape index (κ1) is 16.6. The van der Waals surface area contributed by atoms with Crippen molar-refractivity contribution < 1.29 is 14.3 Å². The molecule has 0 spiro atoms. The summed E-state index contributed by atoms with van der Waals surface area (Å²) >= 11 is 0. The van der Waals surface area contributed by atoms with E-state index in [2.05, 4.69) is 13.8 Å². The number of fused-ring (bicyclic) bond motifs is 5. The Kier molecular flexibility index (Phi) is 3.85. The predicted octanol–water partition coefficient (Wildman–Crippen LogP) is 4.53. The molecule has 4 fully saturated rings. The molecule has 0 N–H and O–H groups in total. The average molecular weight is 332 g/mol. The Hall–Kier alpha value is -0.860. The van der Waals surface area contributed by atoms with E-state index in [9.17, 15) is 9.59 Å². The van der Waals surface area contributed by atoms with Crippen molar-refractivity contribution >= 4 is 11.8 Å². The van der Waals surface area contributed by atoms with Gasteiger partial charge < -0.3 is 4.74 Å². The minimum absolute atomic E-state index is 0.00503. The lowest BCUT2D eigenvalue weighted by Gasteiger charge is -2.56. The molecule has 1 unspecified atom stereocenters. The number of rotatable bonds is 1. The fourth-order valence-electron chi connectivity index (χ4n) is 7.28. The molecular weight excluding hydrogens is 300 g/mol. The molecule has 4 aliphatic rings. The molecule has 7 atom stereocenters. The highest BCUT2D eigenvalue weighted by Gasteiger charge is 2.57. The van der Waals surface area contributed by atoms with Crippen molar-refractivity contribution in [3.63, 3.8) is 0 Å². The normalized spacial score (nSPS) is 50.6. The van der Waals surface area contributed by atoms with Gasteiger partial charge in [0.15, 0.2) is 0 Å². The van der Waals surface area contributed by atoms with Gasteiger partial charge >= 0.3 is 5.97 Å². The van der Waals surface area contributed by atoms with E-state index < -0.39 is 0 Å². The molecule has 134 valence electrons. The molecule has 0 aliphatic heterocycles. The van der Waals surface area contributed by atoms with Crippen molar-refractivity contribution in [2.45, 2.75) is 84.2 Å². The first-order chi connectivity index (χ1) is 11.3. The van der Waals surface area contributed by atoms with Gasteiger partial charge in [-0.2, -0.15) is 0 Å². The van der Waals surface area contributed by atoms with Crippen molar-refractivity contribution in [3.8, 4) is 0 Å². The van der Waals surface area contributed by atoms with Crippen LogP contribution in [-0.4, -0.2) is 17.4 Å². The zero-order valence-electron chi connectivity index (χ0n) is 15.5. The lowest BCUT2D eigenvalue weighted by atomic mass is 9.50. The third-order valence-electron chi connectivity index (χ3n) is 8.32. The number of esters is 1. The summed E-state index contributed by atoms with van der Waals surface area (Å²) in [6, 6.07) is 0. The van der Waals surface area contributed by atoms with Gasteiger partial charge in [0, 0.05) is 18.8 Å². The summed E-state index contributed by atoms with van der Waals surface area (Å²) < 4.78 is 5.68. The van der Waals surface area contributed by atoms with Crippen LogP contribution < -0.4 is 0 Å². The molecule has 0 aromatic rings. The topological polar surface area (TPSA) is 43.4 Å². The summed E-state index contributed by atoms with van der Waals surface area (Å²) in [5.74, 6) is 4.15. The van der Waals surface area contributed by atoms with Crippen LogP contribution >= 0.6 is 0 Å². The van der Waals surface area contributed by atoms with Gasteiger partial charge in [0.2, 0.25) is 0 Å². The van der Waals surface area contributed by atoms with Crippen LogP contribution in [0.5, 0.6) is 0 Å². The zero-order valence-corrected chi connectivity index (χ0v) is 15.5. The van der Waals surface area contributed by atoms with Crippen molar-refractivity contribution in [3.05, 3.63) is 0 Å². The number of carbonyl (C=O) groups excluding carboxylic acids is 2. The summed E-state index contributed by atoms with van der Waals surface area (Å²) in [4.78, 5) is 23.9. The Bertz CT molecular complexity index is 555. The standard InChI is InChI=1S/C21H32O3/c1-13(22)24-20(2)10-8-15-14(12-20)4-5-17-16(15)9-11-21(3)18(17)6-7-19(21)23/h14-18H,4-12H2,1-3H3/t14?,15-,16+,17+,18-,20+,21-/m0/s1. The molecule has 0 bridgehead atoms. The van der Waals surface area contributed by atoms with Crippen LogP contribution in [0.2, 0.25) is 0 Å². The summed E-state index contributed by atoms with van der Waals surface area (Å²) in [7, 11) is 0. The van der Waals surface area contributed by atoms with E-state index in [1.807, 2.05) is 0 Å². The monoisotopic (exact) mass is 332 g/mol. The van der Waals surface area contributed by atoms with Gasteiger partial charge in [0.25, 0.3) is 0 Å². The number of ketones is 1. The molecule has 24 heavy (non-hydrogen) atoms. The average Bonchev–Trinajstić information content (AvgIpc) is 2.81. The Balaban J connectivity index is 1.51. The third kappa shape index (κ3) is 2.45. The van der Waals surface area contributed by atoms with Crippen LogP contribution in [0.1, 0.15) is 78.6 Å². The lowest BCUT2D eigenvalue weighted by Crippen LogP contribution is -2.51. The SMILES string of the molecule is CC(=O)O[C@]1(C)CC[C@H]2C(CC[C@@H]3[C@@H]2CC[C@]2(C)C(=O)CC[C@@H]32)C1. The lowest BCUT2D eigenvalue weighted by molar-refractivity contribution is -0.166. The number of hydrogen-bond acceptors (Lipinski definition) is 3. The molecule has 0 aromatic carbocycles. The van der Waals surface area contributed by atoms with Gasteiger partial charge in [-0.05, 0) is 87.9 Å². The summed E-state index contributed by atoms with van der Waals surface area (Å²) in [5, 5.41) is 0. The molecule has 0 amide bonds. The maximum absolute atomic E-state index is 12.4. The summed E-state index contributed by atoms with van der Waals surface area (Å²) in [6.45, 7) is 5.92. The van der Waals surface area contributed by atoms with Gasteiger partial charge in [-0.1, -0.05) is 6.92 Å². The predicted molar refractivity (Wildman–Crippen MR) is 92.3 cm³/mol. The van der Waals surface area contributed by atoms with Crippen molar-refractivity contribution in [1.29, 1.82) is 0 Å². The molecule has 3 heteroatoms. The second-order valence-electron chi connectivity index (χ2n) is 9.64. The highest BCUT2D eigenvalue weighted by molar-refractivity contribution is 5.87. The number of carbonyl (C=O) groups is 2. The van der Waals surface area contributed by atoms with Gasteiger partial charge in [-0.3, -0.25) is 9.59 Å². The van der Waals surface area contributed by atoms with E-state index in [0.717, 1.165) is 49.9 Å². The highest BCUT2D eigenvalue weighted by Crippen LogP contribution is 2.62. The van der Waals surface area contributed by atoms with E-state index in [-0.39, 0.29) is 17.0 Å². The van der Waals surface area contributed by atoms with E-state index in [1.54, 1.807) is 0 Å². The third-order valence-corrected chi connectivity index (χ3v) is 8.32. The molecule has 0 saturated heterocycles. The Morgan fingerprint density at radius 1 is 1.00 bits per heavy atom. The molecule has 4 aliphatic carbocycles. The largest absolute Gasteiger partial charge is 0.460 e. The minimum atomic E-state index is -0.244. The molecular formula is C21H32O3. The van der Waals surface area contributed by atoms with Gasteiger partial charge in [-0.25, -0.2) is 0 Å². The maximum Gasteiger partial charge on any atom is 0.303 e. The first-order valence-corrected chi connectivity index (χ1v) is 10.1. The smallest absolute Gasteiger partial charge is 0.303 e. The Morgan fingerprint density at radius 2 is 1.75 bits per heavy atom. The second kappa shape index (κ2) is 5.57. The number of ether oxygens (including phenoxy) is 1. The van der Waals surface area contributed by atoms with Crippen LogP contribution in [0.15, 0.2) is 0 Å². The van der Waals surface area contributed by atoms with Crippen molar-refractivity contribution in [2.24, 2.45) is 35.0 Å². The molecule has 0 aromatic heterocycles. The van der Waals surface area contributed by atoms with Crippen LogP contribution in [0.3, 0.4) is 0 Å². The summed E-state index contributed by atoms with van der Waals surface area (Å²) in [6.07, 6.45) is 10.1. The molecule has 0 heterocycles. The van der Waals surface area contributed by atoms with Crippen LogP contribution in [0, 0.1) is 35.0 Å². The number of Topliss-reactive ketones (excluding diaryl/α,β-unsaturated/α-hetero) is 1. The van der Waals surface area contributed by atoms with Crippen LogP contribution in [-0.2, 0) is 14.3 Å². The number of hydrogen-bond donors (Lipinski definition) is 0. The molecule has 3 nitrogen and oxygen atoms in total. The quantitative estimate of drug-likeness (QED) is 0.663. The van der Waals surface area contributed by atoms with E-state index in [0.29, 0.717) is 17.6 Å². The van der Waals surface area contributed by atoms with E-state index >= 15 is 0 Å². The maximum atomic E-state index is 12.4. The molecule has 0 radical (unpaired) electrons. The van der Waals surface area contributed by atoms with Gasteiger partial charge in [0.1, 0.15) is 11.4 Å². The minimum Gasteiger partial charge on any atom is -0.460 e. The van der Waals surface area contributed by atoms with Crippen LogP contribution in [0.4, 0.5) is 0 Å². The molecule has 4 saturated carbocycles. The van der Waals surface area contributed by atoms with Crippen molar-refractivity contribution in [2.75, 3.05) is 0 Å². The fourth-order valence-corrected chi connectivity index (χ4v) is 7.28. The second-order valence-corrected chi connectivity index (χ2v) is 9.64. The van der Waals surface area contributed by atoms with Crippen molar-refractivity contribution in [1.82, 2.24) is 0 Å².